The number of hydrogen-bond acceptors (Lipinski definition) is 7. The average molecular weight is 442 g/mol. The van der Waals surface area contributed by atoms with Crippen molar-refractivity contribution in [3.8, 4) is 5.75 Å². The van der Waals surface area contributed by atoms with Gasteiger partial charge in [0.15, 0.2) is 16.7 Å². The van der Waals surface area contributed by atoms with Gasteiger partial charge in [-0.3, -0.25) is 9.79 Å². The van der Waals surface area contributed by atoms with Crippen molar-refractivity contribution in [1.29, 1.82) is 0 Å². The largest absolute Gasteiger partial charge is 0.485 e. The molecule has 142 valence electrons. The first-order chi connectivity index (χ1) is 12.4. The minimum Gasteiger partial charge on any atom is -0.485 e. The first-order valence-corrected chi connectivity index (χ1v) is 10.4. The minimum atomic E-state index is -0.0325. The van der Waals surface area contributed by atoms with Crippen LogP contribution in [0.3, 0.4) is 0 Å². The molecule has 1 N–H and O–H groups in total. The van der Waals surface area contributed by atoms with Crippen LogP contribution < -0.4 is 10.1 Å². The molecule has 2 aliphatic heterocycles. The zero-order valence-corrected chi connectivity index (χ0v) is 17.6. The van der Waals surface area contributed by atoms with Crippen LogP contribution in [0.25, 0.3) is 0 Å². The van der Waals surface area contributed by atoms with Gasteiger partial charge in [-0.2, -0.15) is 0 Å². The smallest absolute Gasteiger partial charge is 0.236 e. The first-order valence-electron chi connectivity index (χ1n) is 8.63. The van der Waals surface area contributed by atoms with Gasteiger partial charge in [-0.1, -0.05) is 11.8 Å². The number of ether oxygens (including phenoxy) is 1. The van der Waals surface area contributed by atoms with Crippen molar-refractivity contribution in [3.05, 3.63) is 16.7 Å². The minimum absolute atomic E-state index is 0.0325. The Kier molecular flexibility index (Phi) is 6.42. The number of thioether (sulfide) groups is 1. The van der Waals surface area contributed by atoms with E-state index in [1.165, 1.54) is 0 Å². The monoisotopic (exact) mass is 441 g/mol. The zero-order valence-electron chi connectivity index (χ0n) is 15.2. The number of halogens is 1. The summed E-state index contributed by atoms with van der Waals surface area (Å²) in [7, 11) is 3.80. The molecule has 3 heterocycles. The molecule has 0 saturated carbocycles. The lowest BCUT2D eigenvalue weighted by Crippen LogP contribution is -2.37. The van der Waals surface area contributed by atoms with E-state index in [-0.39, 0.29) is 12.0 Å². The van der Waals surface area contributed by atoms with Gasteiger partial charge in [0.2, 0.25) is 5.91 Å². The molecule has 1 aromatic heterocycles. The Morgan fingerprint density at radius 3 is 3.04 bits per heavy atom. The molecule has 1 saturated heterocycles. The molecule has 2 aliphatic rings. The third-order valence-electron chi connectivity index (χ3n) is 4.09. The molecule has 0 spiro atoms. The van der Waals surface area contributed by atoms with E-state index in [1.54, 1.807) is 18.0 Å². The van der Waals surface area contributed by atoms with Crippen LogP contribution in [-0.2, 0) is 4.79 Å². The first kappa shape index (κ1) is 19.4. The second kappa shape index (κ2) is 8.58. The van der Waals surface area contributed by atoms with E-state index in [0.717, 1.165) is 28.4 Å². The number of nitrogens with one attached hydrogen (secondary N) is 1. The molecule has 7 nitrogen and oxygen atoms in total. The lowest BCUT2D eigenvalue weighted by molar-refractivity contribution is -0.131. The topological polar surface area (TPSA) is 70.1 Å². The van der Waals surface area contributed by atoms with Gasteiger partial charge >= 0.3 is 0 Å². The van der Waals surface area contributed by atoms with Crippen molar-refractivity contribution in [2.24, 2.45) is 4.99 Å². The Bertz CT molecular complexity index is 700. The summed E-state index contributed by atoms with van der Waals surface area (Å²) in [6, 6.07) is 2.22. The van der Waals surface area contributed by atoms with Gasteiger partial charge in [-0.25, -0.2) is 4.98 Å². The summed E-state index contributed by atoms with van der Waals surface area (Å²) in [4.78, 5) is 24.9. The Hall–Kier alpha value is -1.32. The lowest BCUT2D eigenvalue weighted by atomic mass is 10.3. The van der Waals surface area contributed by atoms with Gasteiger partial charge in [0.25, 0.3) is 0 Å². The summed E-state index contributed by atoms with van der Waals surface area (Å²) in [5, 5.41) is 4.14. The molecular weight excluding hydrogens is 418 g/mol. The normalized spacial score (nSPS) is 22.7. The van der Waals surface area contributed by atoms with Crippen molar-refractivity contribution < 1.29 is 9.53 Å². The molecule has 3 rings (SSSR count). The van der Waals surface area contributed by atoms with Crippen molar-refractivity contribution in [2.75, 3.05) is 44.8 Å². The molecule has 1 aromatic rings. The SMILES string of the molecule is CC1CSC(Nc2ncc(Br)cc2OC2CCN(C(=O)CN(C)C)C2)=N1. The predicted molar refractivity (Wildman–Crippen MR) is 109 cm³/mol. The van der Waals surface area contributed by atoms with Crippen LogP contribution in [0.15, 0.2) is 21.7 Å². The van der Waals surface area contributed by atoms with Crippen LogP contribution in [0.1, 0.15) is 13.3 Å². The molecule has 0 bridgehead atoms. The third-order valence-corrected chi connectivity index (χ3v) is 5.65. The van der Waals surface area contributed by atoms with E-state index in [2.05, 4.69) is 38.1 Å². The number of nitrogens with zero attached hydrogens (tertiary/aromatic N) is 4. The van der Waals surface area contributed by atoms with Crippen LogP contribution in [0.5, 0.6) is 5.75 Å². The molecule has 0 radical (unpaired) electrons. The highest BCUT2D eigenvalue weighted by Crippen LogP contribution is 2.30. The number of carbonyl (C=O) groups excluding carboxylic acids is 1. The molecule has 9 heteroatoms. The summed E-state index contributed by atoms with van der Waals surface area (Å²) in [6.45, 7) is 3.84. The highest BCUT2D eigenvalue weighted by molar-refractivity contribution is 9.10. The maximum atomic E-state index is 12.2. The summed E-state index contributed by atoms with van der Waals surface area (Å²) in [5.74, 6) is 2.44. The van der Waals surface area contributed by atoms with Crippen molar-refractivity contribution in [1.82, 2.24) is 14.8 Å². The number of likely N-dealkylation sites (N-methyl/N-ethyl adjacent to an activating group) is 1. The van der Waals surface area contributed by atoms with Gasteiger partial charge in [0, 0.05) is 29.4 Å². The van der Waals surface area contributed by atoms with Crippen LogP contribution in [-0.4, -0.2) is 77.5 Å². The number of amidine groups is 1. The number of aromatic nitrogens is 1. The number of hydrogen-bond donors (Lipinski definition) is 1. The maximum absolute atomic E-state index is 12.2. The summed E-state index contributed by atoms with van der Waals surface area (Å²) < 4.78 is 7.04. The van der Waals surface area contributed by atoms with Crippen LogP contribution >= 0.6 is 27.7 Å². The maximum Gasteiger partial charge on any atom is 0.236 e. The Morgan fingerprint density at radius 2 is 2.35 bits per heavy atom. The Balaban J connectivity index is 1.65. The number of pyridine rings is 1. The highest BCUT2D eigenvalue weighted by Gasteiger charge is 2.28. The summed E-state index contributed by atoms with van der Waals surface area (Å²) in [6.07, 6.45) is 2.52. The number of carbonyl (C=O) groups is 1. The quantitative estimate of drug-likeness (QED) is 0.755. The summed E-state index contributed by atoms with van der Waals surface area (Å²) >= 11 is 5.14. The van der Waals surface area contributed by atoms with E-state index in [0.29, 0.717) is 30.7 Å². The fourth-order valence-corrected chi connectivity index (χ4v) is 4.06. The number of aliphatic imine (C=N–C) groups is 1. The molecule has 2 atom stereocenters. The number of rotatable bonds is 5. The Labute approximate surface area is 166 Å². The van der Waals surface area contributed by atoms with Gasteiger partial charge in [-0.05, 0) is 43.0 Å². The molecule has 1 amide bonds. The van der Waals surface area contributed by atoms with Gasteiger partial charge in [-0.15, -0.1) is 0 Å². The van der Waals surface area contributed by atoms with E-state index in [9.17, 15) is 4.79 Å². The van der Waals surface area contributed by atoms with Crippen LogP contribution in [0, 0.1) is 0 Å². The third kappa shape index (κ3) is 5.11. The summed E-state index contributed by atoms with van der Waals surface area (Å²) in [5.41, 5.74) is 0. The second-order valence-corrected chi connectivity index (χ2v) is 8.75. The fraction of sp³-hybridized carbons (Fsp3) is 0.588. The van der Waals surface area contributed by atoms with E-state index >= 15 is 0 Å². The Morgan fingerprint density at radius 1 is 1.54 bits per heavy atom. The second-order valence-electron chi connectivity index (χ2n) is 6.83. The van der Waals surface area contributed by atoms with Gasteiger partial charge in [0.05, 0.1) is 19.1 Å². The van der Waals surface area contributed by atoms with Crippen LogP contribution in [0.4, 0.5) is 5.82 Å². The molecule has 0 aromatic carbocycles. The highest BCUT2D eigenvalue weighted by atomic mass is 79.9. The van der Waals surface area contributed by atoms with Gasteiger partial charge in [0.1, 0.15) is 6.10 Å². The van der Waals surface area contributed by atoms with Crippen molar-refractivity contribution in [2.45, 2.75) is 25.5 Å². The number of likely N-dealkylation sites (tertiary alicyclic amines) is 1. The zero-order chi connectivity index (χ0) is 18.7. The van der Waals surface area contributed by atoms with Gasteiger partial charge < -0.3 is 19.9 Å². The average Bonchev–Trinajstić information content (AvgIpc) is 3.18. The molecule has 1 fully saturated rings. The van der Waals surface area contributed by atoms with Crippen molar-refractivity contribution >= 4 is 44.6 Å². The number of amides is 1. The van der Waals surface area contributed by atoms with Crippen molar-refractivity contribution in [3.63, 3.8) is 0 Å². The van der Waals surface area contributed by atoms with E-state index < -0.39 is 0 Å². The van der Waals surface area contributed by atoms with Crippen LogP contribution in [0.2, 0.25) is 0 Å². The number of anilines is 1. The standard InChI is InChI=1S/C17H24BrN5O2S/c1-11-10-26-17(20-11)21-16-14(6-12(18)7-19-16)25-13-4-5-23(8-13)15(24)9-22(2)3/h6-7,11,13H,4-5,8-10H2,1-3H3,(H,19,20,21). The predicted octanol–water partition coefficient (Wildman–Crippen LogP) is 2.29. The molecule has 0 aliphatic carbocycles. The van der Waals surface area contributed by atoms with E-state index in [1.807, 2.05) is 30.0 Å². The fourth-order valence-electron chi connectivity index (χ4n) is 2.85. The molecule has 26 heavy (non-hydrogen) atoms. The van der Waals surface area contributed by atoms with E-state index in [4.69, 9.17) is 4.74 Å². The molecule has 2 unspecified atom stereocenters. The lowest BCUT2D eigenvalue weighted by Gasteiger charge is -2.20. The molecular formula is C17H24BrN5O2S.